The number of primary sulfonamides is 1. The lowest BCUT2D eigenvalue weighted by molar-refractivity contribution is -0.154. The van der Waals surface area contributed by atoms with E-state index in [9.17, 15) is 69.6 Å². The summed E-state index contributed by atoms with van der Waals surface area (Å²) in [5, 5.41) is 51.9. The van der Waals surface area contributed by atoms with Gasteiger partial charge in [-0.1, -0.05) is 111 Å². The van der Waals surface area contributed by atoms with Gasteiger partial charge < -0.3 is 56.6 Å². The number of benzene rings is 3. The number of aromatic carboxylic acids is 1. The van der Waals surface area contributed by atoms with Crippen LogP contribution in [0, 0.1) is 38.4 Å². The summed E-state index contributed by atoms with van der Waals surface area (Å²) in [6, 6.07) is 16.9. The average molecular weight is 1470 g/mol. The lowest BCUT2D eigenvalue weighted by Gasteiger charge is -2.21. The van der Waals surface area contributed by atoms with E-state index in [0.29, 0.717) is 49.4 Å². The van der Waals surface area contributed by atoms with Gasteiger partial charge in [0.2, 0.25) is 39.6 Å². The molecule has 3 rings (SSSR count). The summed E-state index contributed by atoms with van der Waals surface area (Å²) >= 11 is 0. The van der Waals surface area contributed by atoms with Crippen LogP contribution in [-0.2, 0) is 72.5 Å². The zero-order valence-corrected chi connectivity index (χ0v) is 65.7. The van der Waals surface area contributed by atoms with Gasteiger partial charge >= 0.3 is 29.8 Å². The van der Waals surface area contributed by atoms with Gasteiger partial charge in [0, 0.05) is 51.2 Å². The van der Waals surface area contributed by atoms with Gasteiger partial charge in [-0.2, -0.15) is 0 Å². The van der Waals surface area contributed by atoms with Crippen molar-refractivity contribution in [1.82, 2.24) is 15.5 Å². The number of sulfone groups is 1. The molecule has 0 bridgehead atoms. The van der Waals surface area contributed by atoms with E-state index < -0.39 is 88.4 Å². The molecule has 29 heteroatoms. The van der Waals surface area contributed by atoms with Crippen LogP contribution in [0.3, 0.4) is 0 Å². The maximum Gasteiger partial charge on any atom is 0.335 e. The van der Waals surface area contributed by atoms with Crippen molar-refractivity contribution in [3.8, 4) is 0 Å². The Balaban J connectivity index is -0.000000553. The first-order chi connectivity index (χ1) is 45.9. The van der Waals surface area contributed by atoms with Gasteiger partial charge in [-0.25, -0.2) is 26.8 Å². The van der Waals surface area contributed by atoms with Crippen LogP contribution in [0.15, 0.2) is 82.6 Å². The van der Waals surface area contributed by atoms with E-state index in [1.165, 1.54) is 74.5 Å². The minimum absolute atomic E-state index is 0.0234. The summed E-state index contributed by atoms with van der Waals surface area (Å²) in [5.74, 6) is -5.57. The Morgan fingerprint density at radius 1 is 0.505 bits per heavy atom. The zero-order valence-electron chi connectivity index (χ0n) is 64.0. The highest BCUT2D eigenvalue weighted by Gasteiger charge is 2.30. The number of hydrogen-bond donors (Lipinski definition) is 10. The van der Waals surface area contributed by atoms with Gasteiger partial charge in [-0.15, -0.1) is 0 Å². The van der Waals surface area contributed by atoms with Gasteiger partial charge in [-0.3, -0.25) is 47.9 Å². The van der Waals surface area contributed by atoms with Crippen LogP contribution < -0.4 is 31.7 Å². The predicted octanol–water partition coefficient (Wildman–Crippen LogP) is 11.2. The lowest BCUT2D eigenvalue weighted by atomic mass is 9.89. The minimum atomic E-state index is -3.69. The SMILES string of the molecule is CCC(C)(C)C(=O)NCC(=O)O.CCC(C)(C)C(=O)Nc1ccc(C(=O)O)cc1.CCC(C)(C)C(=O)Nc1ccc(S(=O)(=O)CC(C)=O)cc1.CCC(C)(C)C(=O)Nc1ccc(S(N)(=O)=O)cc1.CCC(C)(C)C(=O)O.CCC(C)(C)C(=O)OCCN(C)C.CCC(C)C(=O)NC(C)C(=O)O. The number of amides is 5. The highest BCUT2D eigenvalue weighted by Crippen LogP contribution is 2.27. The number of rotatable bonds is 29. The summed E-state index contributed by atoms with van der Waals surface area (Å²) < 4.78 is 51.0. The van der Waals surface area contributed by atoms with Gasteiger partial charge in [0.15, 0.2) is 9.84 Å². The third kappa shape index (κ3) is 41.4. The molecule has 3 aromatic rings. The Kier molecular flexibility index (Phi) is 44.9. The molecule has 0 aliphatic carbocycles. The highest BCUT2D eigenvalue weighted by molar-refractivity contribution is 7.92. The summed E-state index contributed by atoms with van der Waals surface area (Å²) in [7, 11) is -3.38. The van der Waals surface area contributed by atoms with Crippen LogP contribution in [0.25, 0.3) is 0 Å². The second-order valence-corrected chi connectivity index (χ2v) is 31.5. The molecule has 0 saturated heterocycles. The Hall–Kier alpha value is -8.15. The van der Waals surface area contributed by atoms with Crippen molar-refractivity contribution in [1.29, 1.82) is 0 Å². The van der Waals surface area contributed by atoms with Crippen molar-refractivity contribution in [2.75, 3.05) is 55.5 Å². The average Bonchev–Trinajstić information content (AvgIpc) is 0.840. The van der Waals surface area contributed by atoms with E-state index in [2.05, 4.69) is 26.6 Å². The third-order valence-corrected chi connectivity index (χ3v) is 19.3. The molecule has 0 aromatic heterocycles. The van der Waals surface area contributed by atoms with Gasteiger partial charge in [0.25, 0.3) is 0 Å². The van der Waals surface area contributed by atoms with Gasteiger partial charge in [0.05, 0.1) is 26.2 Å². The number of sulfonamides is 1. The second-order valence-electron chi connectivity index (χ2n) is 27.9. The molecule has 0 aliphatic heterocycles. The fraction of sp³-hybridized carbons (Fsp3) is 0.597. The number of ether oxygens (including phenoxy) is 1. The van der Waals surface area contributed by atoms with E-state index >= 15 is 0 Å². The molecule has 0 aliphatic rings. The van der Waals surface area contributed by atoms with Crippen molar-refractivity contribution in [2.24, 2.45) is 43.5 Å². The number of carbonyl (C=O) groups is 11. The molecule has 5 amide bonds. The molecule has 101 heavy (non-hydrogen) atoms. The molecular weight excluding hydrogens is 1350 g/mol. The van der Waals surface area contributed by atoms with Crippen LogP contribution in [0.1, 0.15) is 208 Å². The Labute approximate surface area is 600 Å². The number of carboxylic acid groups (broad SMARTS) is 4. The summed E-state index contributed by atoms with van der Waals surface area (Å²) in [6.07, 6.45) is 5.07. The number of hydrogen-bond acceptors (Lipinski definition) is 17. The highest BCUT2D eigenvalue weighted by atomic mass is 32.2. The third-order valence-electron chi connectivity index (χ3n) is 16.5. The summed E-state index contributed by atoms with van der Waals surface area (Å²) in [5.41, 5.74) is -0.831. The molecule has 2 unspecified atom stereocenters. The van der Waals surface area contributed by atoms with Crippen LogP contribution in [0.4, 0.5) is 17.1 Å². The second kappa shape index (κ2) is 45.7. The molecule has 0 heterocycles. The molecule has 0 saturated carbocycles. The quantitative estimate of drug-likeness (QED) is 0.0289. The molecule has 0 spiro atoms. The summed E-state index contributed by atoms with van der Waals surface area (Å²) in [6.45, 7) is 40.8. The van der Waals surface area contributed by atoms with E-state index in [0.717, 1.165) is 25.8 Å². The molecule has 3 aromatic carbocycles. The maximum absolute atomic E-state index is 12.0. The molecular formula is C72H119N7O20S2. The molecule has 574 valence electrons. The Bertz CT molecular complexity index is 3380. The summed E-state index contributed by atoms with van der Waals surface area (Å²) in [4.78, 5) is 124. The molecule has 2 atom stereocenters. The van der Waals surface area contributed by atoms with E-state index in [1.54, 1.807) is 46.8 Å². The van der Waals surface area contributed by atoms with E-state index in [4.69, 9.17) is 30.3 Å². The van der Waals surface area contributed by atoms with E-state index in [-0.39, 0.29) is 68.7 Å². The predicted molar refractivity (Wildman–Crippen MR) is 393 cm³/mol. The number of anilines is 3. The van der Waals surface area contributed by atoms with E-state index in [1.807, 2.05) is 123 Å². The number of esters is 1. The minimum Gasteiger partial charge on any atom is -0.481 e. The normalized spacial score (nSPS) is 12.0. The zero-order chi connectivity index (χ0) is 80.1. The van der Waals surface area contributed by atoms with Crippen molar-refractivity contribution in [3.63, 3.8) is 0 Å². The smallest absolute Gasteiger partial charge is 0.335 e. The van der Waals surface area contributed by atoms with Crippen molar-refractivity contribution in [3.05, 3.63) is 78.4 Å². The molecule has 0 fully saturated rings. The molecule has 11 N–H and O–H groups in total. The standard InChI is InChI=1S/C15H21NO4S.C13H17NO3.C12H18N2O3S.C10H21NO2.2C8H15NO3.C6H12O2/c1-5-15(3,4)14(18)16-12-6-8-13(9-7-12)21(19,20)10-11(2)17;1-4-13(2,3)12(17)14-10-7-5-9(6-8-10)11(15)16;1-4-12(2,3)11(15)14-9-5-7-10(8-6-9)18(13,16)17;1-6-10(2,3)9(12)13-8-7-11(4)5;1-4-8(2,3)7(12)9-5-6(10)11;1-4-5(2)7(10)9-6(3)8(11)12;1-4-6(2,3)5(7)8/h6-9H,5,10H2,1-4H3,(H,16,18);5-8H,4H2,1-3H3,(H,14,17)(H,15,16);5-8H,4H2,1-3H3,(H,14,15)(H2,13,16,17);6-8H2,1-5H3;4-5H2,1-3H3,(H,9,12)(H,10,11);5-6H,4H2,1-3H3,(H,9,10)(H,11,12);4H2,1-3H3,(H,7,8). The van der Waals surface area contributed by atoms with Crippen molar-refractivity contribution >= 4 is 102 Å². The number of nitrogens with two attached hydrogens (primary N) is 1. The number of carbonyl (C=O) groups excluding carboxylic acids is 7. The first-order valence-electron chi connectivity index (χ1n) is 33.2. The lowest BCUT2D eigenvalue weighted by Crippen LogP contribution is -2.40. The fourth-order valence-electron chi connectivity index (χ4n) is 5.87. The number of aliphatic carboxylic acids is 3. The topological polar surface area (TPSA) is 436 Å². The van der Waals surface area contributed by atoms with Crippen LogP contribution in [-0.4, -0.2) is 153 Å². The first-order valence-corrected chi connectivity index (χ1v) is 36.4. The molecule has 27 nitrogen and oxygen atoms in total. The number of likely N-dealkylation sites (N-methyl/N-ethyl adjacent to an activating group) is 1. The number of Topliss-reactive ketones (excluding diaryl/α,β-unsaturated/α-hetero) is 1. The van der Waals surface area contributed by atoms with Crippen LogP contribution in [0.5, 0.6) is 0 Å². The van der Waals surface area contributed by atoms with Crippen molar-refractivity contribution < 1.29 is 94.7 Å². The largest absolute Gasteiger partial charge is 0.481 e. The number of nitrogens with zero attached hydrogens (tertiary/aromatic N) is 1. The Morgan fingerprint density at radius 2 is 0.842 bits per heavy atom. The number of ketones is 1. The number of carboxylic acids is 4. The monoisotopic (exact) mass is 1470 g/mol. The maximum atomic E-state index is 12.0. The Morgan fingerprint density at radius 3 is 1.11 bits per heavy atom. The van der Waals surface area contributed by atoms with Crippen molar-refractivity contribution in [2.45, 2.75) is 213 Å². The van der Waals surface area contributed by atoms with Crippen LogP contribution in [0.2, 0.25) is 0 Å². The first kappa shape index (κ1) is 99.2. The molecule has 0 radical (unpaired) electrons. The van der Waals surface area contributed by atoms with Crippen LogP contribution >= 0.6 is 0 Å². The number of nitrogens with one attached hydrogen (secondary N) is 5. The van der Waals surface area contributed by atoms with Gasteiger partial charge in [0.1, 0.15) is 30.7 Å². The van der Waals surface area contributed by atoms with Gasteiger partial charge in [-0.05, 0) is 173 Å². The fourth-order valence-corrected chi connectivity index (χ4v) is 7.64.